The second kappa shape index (κ2) is 8.04. The van der Waals surface area contributed by atoms with Gasteiger partial charge < -0.3 is 14.4 Å². The molecule has 1 fully saturated rings. The van der Waals surface area contributed by atoms with E-state index in [0.717, 1.165) is 30.7 Å². The molecule has 1 N–H and O–H groups in total. The lowest BCUT2D eigenvalue weighted by Crippen LogP contribution is -2.30. The molecule has 8 nitrogen and oxygen atoms in total. The molecule has 0 spiro atoms. The van der Waals surface area contributed by atoms with Crippen molar-refractivity contribution < 1.29 is 9.47 Å². The van der Waals surface area contributed by atoms with Crippen LogP contribution in [0.15, 0.2) is 28.7 Å². The summed E-state index contributed by atoms with van der Waals surface area (Å²) in [5.41, 5.74) is 2.35. The molecule has 0 bridgehead atoms. The van der Waals surface area contributed by atoms with Crippen molar-refractivity contribution in [3.8, 4) is 0 Å². The molecular weight excluding hydrogens is 438 g/mol. The number of rotatable bonds is 4. The number of alkyl halides is 1. The molecule has 0 radical (unpaired) electrons. The van der Waals surface area contributed by atoms with Gasteiger partial charge in [0, 0.05) is 30.7 Å². The molecule has 0 amide bonds. The number of hydrogen-bond donors (Lipinski definition) is 1. The Bertz CT molecular complexity index is 1020. The number of hydrogen-bond acceptors (Lipinski definition) is 6. The first-order valence-corrected chi connectivity index (χ1v) is 10.6. The van der Waals surface area contributed by atoms with Crippen LogP contribution in [0.25, 0.3) is 16.7 Å². The zero-order chi connectivity index (χ0) is 20.6. The average Bonchev–Trinajstić information content (AvgIpc) is 2.93. The van der Waals surface area contributed by atoms with Crippen molar-refractivity contribution in [2.45, 2.75) is 37.1 Å². The Hall–Kier alpha value is -1.97. The molecule has 2 atom stereocenters. The Morgan fingerprint density at radius 3 is 3.03 bits per heavy atom. The number of halogens is 1. The van der Waals surface area contributed by atoms with Crippen LogP contribution in [0.4, 0.5) is 5.95 Å². The standard InChI is InChI=1S/C20H26BrN5O3/c1-13-10-20(2,21)6-4-16(13)26-11-15-17(24-26)22-19(23-18(15)27)25-7-5-14(12-28-3)29-9-8-25/h4,10-11,14H,5-9,12H2,1-3H3,(H,22,23,24,27)/t14-,20?/m0/s1. The lowest BCUT2D eigenvalue weighted by molar-refractivity contribution is 0.00604. The highest BCUT2D eigenvalue weighted by Gasteiger charge is 2.24. The van der Waals surface area contributed by atoms with Gasteiger partial charge in [-0.1, -0.05) is 28.1 Å². The predicted molar refractivity (Wildman–Crippen MR) is 117 cm³/mol. The summed E-state index contributed by atoms with van der Waals surface area (Å²) in [5.74, 6) is 0.535. The van der Waals surface area contributed by atoms with Crippen LogP contribution in [0.3, 0.4) is 0 Å². The zero-order valence-corrected chi connectivity index (χ0v) is 18.5. The fourth-order valence-electron chi connectivity index (χ4n) is 3.85. The van der Waals surface area contributed by atoms with Crippen molar-refractivity contribution in [2.24, 2.45) is 0 Å². The fraction of sp³-hybridized carbons (Fsp3) is 0.550. The minimum Gasteiger partial charge on any atom is -0.382 e. The molecule has 4 rings (SSSR count). The smallest absolute Gasteiger partial charge is 0.263 e. The first-order chi connectivity index (χ1) is 13.9. The van der Waals surface area contributed by atoms with Gasteiger partial charge in [0.15, 0.2) is 5.65 Å². The van der Waals surface area contributed by atoms with Crippen LogP contribution in [0.5, 0.6) is 0 Å². The molecule has 1 aliphatic heterocycles. The highest BCUT2D eigenvalue weighted by atomic mass is 79.9. The van der Waals surface area contributed by atoms with Crippen molar-refractivity contribution in [1.29, 1.82) is 0 Å². The number of aromatic amines is 1. The number of nitrogens with zero attached hydrogens (tertiary/aromatic N) is 4. The summed E-state index contributed by atoms with van der Waals surface area (Å²) in [6, 6.07) is 0. The third-order valence-electron chi connectivity index (χ3n) is 5.33. The van der Waals surface area contributed by atoms with Crippen LogP contribution in [-0.4, -0.2) is 63.6 Å². The van der Waals surface area contributed by atoms with Gasteiger partial charge in [0.05, 0.1) is 25.0 Å². The van der Waals surface area contributed by atoms with Crippen LogP contribution in [0.2, 0.25) is 0 Å². The number of methoxy groups -OCH3 is 1. The van der Waals surface area contributed by atoms with E-state index in [9.17, 15) is 4.79 Å². The third-order valence-corrected chi connectivity index (χ3v) is 5.88. The normalized spacial score (nSPS) is 25.7. The number of anilines is 1. The van der Waals surface area contributed by atoms with Crippen LogP contribution in [0, 0.1) is 0 Å². The Balaban J connectivity index is 1.62. The Morgan fingerprint density at radius 1 is 1.45 bits per heavy atom. The number of H-pyrrole nitrogens is 1. The summed E-state index contributed by atoms with van der Waals surface area (Å²) in [6.45, 7) is 6.70. The summed E-state index contributed by atoms with van der Waals surface area (Å²) >= 11 is 3.71. The number of aromatic nitrogens is 4. The van der Waals surface area contributed by atoms with E-state index >= 15 is 0 Å². The minimum absolute atomic E-state index is 0.0500. The van der Waals surface area contributed by atoms with E-state index in [2.05, 4.69) is 50.1 Å². The quantitative estimate of drug-likeness (QED) is 0.701. The molecule has 1 aliphatic carbocycles. The number of nitrogens with one attached hydrogen (secondary N) is 1. The van der Waals surface area contributed by atoms with Gasteiger partial charge in [-0.2, -0.15) is 4.98 Å². The van der Waals surface area contributed by atoms with Gasteiger partial charge in [0.25, 0.3) is 5.56 Å². The predicted octanol–water partition coefficient (Wildman–Crippen LogP) is 2.71. The molecule has 2 aromatic heterocycles. The van der Waals surface area contributed by atoms with Gasteiger partial charge in [0.1, 0.15) is 5.39 Å². The Labute approximate surface area is 177 Å². The van der Waals surface area contributed by atoms with E-state index in [4.69, 9.17) is 9.47 Å². The minimum atomic E-state index is -0.182. The van der Waals surface area contributed by atoms with E-state index in [1.807, 2.05) is 11.8 Å². The van der Waals surface area contributed by atoms with Crippen LogP contribution >= 0.6 is 15.9 Å². The summed E-state index contributed by atoms with van der Waals surface area (Å²) in [4.78, 5) is 22.3. The van der Waals surface area contributed by atoms with Gasteiger partial charge in [-0.15, -0.1) is 5.10 Å². The van der Waals surface area contributed by atoms with Crippen molar-refractivity contribution in [1.82, 2.24) is 19.7 Å². The van der Waals surface area contributed by atoms with Gasteiger partial charge in [-0.3, -0.25) is 9.78 Å². The zero-order valence-electron chi connectivity index (χ0n) is 16.9. The maximum Gasteiger partial charge on any atom is 0.263 e. The molecule has 1 unspecified atom stereocenters. The number of allylic oxidation sites excluding steroid dienone is 4. The highest BCUT2D eigenvalue weighted by molar-refractivity contribution is 9.10. The first-order valence-electron chi connectivity index (χ1n) is 9.81. The number of fused-ring (bicyclic) bond motifs is 1. The fourth-order valence-corrected chi connectivity index (χ4v) is 4.35. The van der Waals surface area contributed by atoms with Crippen molar-refractivity contribution in [2.75, 3.05) is 38.3 Å². The molecule has 0 aromatic carbocycles. The third kappa shape index (κ3) is 4.31. The van der Waals surface area contributed by atoms with Crippen LogP contribution in [-0.2, 0) is 9.47 Å². The topological polar surface area (TPSA) is 85.3 Å². The summed E-state index contributed by atoms with van der Waals surface area (Å²) in [5, 5.41) is 5.09. The SMILES string of the molecule is COC[C@@H]1CCN(c2nc3nn(C4=CCC(C)(Br)C=C4C)cc3c(=O)[nH]2)CCO1. The Kier molecular flexibility index (Phi) is 5.63. The maximum atomic E-state index is 12.7. The van der Waals surface area contributed by atoms with Crippen LogP contribution in [0.1, 0.15) is 26.7 Å². The second-order valence-electron chi connectivity index (χ2n) is 7.82. The van der Waals surface area contributed by atoms with Crippen molar-refractivity contribution in [3.63, 3.8) is 0 Å². The van der Waals surface area contributed by atoms with Crippen molar-refractivity contribution in [3.05, 3.63) is 34.3 Å². The summed E-state index contributed by atoms with van der Waals surface area (Å²) in [7, 11) is 1.67. The van der Waals surface area contributed by atoms with E-state index in [-0.39, 0.29) is 16.0 Å². The summed E-state index contributed by atoms with van der Waals surface area (Å²) in [6.07, 6.45) is 7.78. The Morgan fingerprint density at radius 2 is 2.28 bits per heavy atom. The van der Waals surface area contributed by atoms with Gasteiger partial charge in [-0.25, -0.2) is 4.68 Å². The number of ether oxygens (including phenoxy) is 2. The van der Waals surface area contributed by atoms with E-state index in [1.54, 1.807) is 18.0 Å². The molecule has 9 heteroatoms. The second-order valence-corrected chi connectivity index (χ2v) is 9.63. The van der Waals surface area contributed by atoms with Crippen molar-refractivity contribution >= 4 is 38.6 Å². The molecule has 29 heavy (non-hydrogen) atoms. The lowest BCUT2D eigenvalue weighted by Gasteiger charge is -2.24. The van der Waals surface area contributed by atoms with Gasteiger partial charge in [0.2, 0.25) is 5.95 Å². The maximum absolute atomic E-state index is 12.7. The van der Waals surface area contributed by atoms with E-state index < -0.39 is 0 Å². The summed E-state index contributed by atoms with van der Waals surface area (Å²) < 4.78 is 12.7. The van der Waals surface area contributed by atoms with E-state index in [0.29, 0.717) is 36.7 Å². The molecule has 0 saturated carbocycles. The molecule has 2 aliphatic rings. The molecule has 156 valence electrons. The molecule has 3 heterocycles. The molecular formula is C20H26BrN5O3. The highest BCUT2D eigenvalue weighted by Crippen LogP contribution is 2.34. The average molecular weight is 464 g/mol. The first kappa shape index (κ1) is 20.3. The monoisotopic (exact) mass is 463 g/mol. The van der Waals surface area contributed by atoms with Gasteiger partial charge >= 0.3 is 0 Å². The lowest BCUT2D eigenvalue weighted by atomic mass is 9.96. The largest absolute Gasteiger partial charge is 0.382 e. The molecule has 1 saturated heterocycles. The van der Waals surface area contributed by atoms with Gasteiger partial charge in [-0.05, 0) is 32.3 Å². The van der Waals surface area contributed by atoms with Crippen LogP contribution < -0.4 is 10.5 Å². The molecule has 2 aromatic rings. The van der Waals surface area contributed by atoms with E-state index in [1.165, 1.54) is 0 Å².